The highest BCUT2D eigenvalue weighted by Gasteiger charge is 2.31. The standard InChI is InChI=1S/C20H27N5O2/c1-3-17-16(14-23(2)22-17)20(26)25-12-8-15(13-25)27-18-7-6-9-21-19(18)24-10-4-5-11-24/h6-7,9,14-15H,3-5,8,10-13H2,1-2H3/t15-/m1/s1. The van der Waals surface area contributed by atoms with Crippen molar-refractivity contribution in [3.8, 4) is 5.75 Å². The largest absolute Gasteiger partial charge is 0.485 e. The minimum atomic E-state index is 0.00116. The molecule has 2 aliphatic heterocycles. The Morgan fingerprint density at radius 3 is 2.89 bits per heavy atom. The maximum Gasteiger partial charge on any atom is 0.257 e. The molecule has 7 heteroatoms. The van der Waals surface area contributed by atoms with E-state index in [1.807, 2.05) is 43.4 Å². The van der Waals surface area contributed by atoms with E-state index >= 15 is 0 Å². The fraction of sp³-hybridized carbons (Fsp3) is 0.550. The van der Waals surface area contributed by atoms with Crippen molar-refractivity contribution in [2.24, 2.45) is 7.05 Å². The predicted molar refractivity (Wildman–Crippen MR) is 103 cm³/mol. The zero-order valence-corrected chi connectivity index (χ0v) is 16.1. The summed E-state index contributed by atoms with van der Waals surface area (Å²) in [7, 11) is 1.86. The van der Waals surface area contributed by atoms with Crippen LogP contribution in [0.4, 0.5) is 5.82 Å². The van der Waals surface area contributed by atoms with Crippen LogP contribution in [0.25, 0.3) is 0 Å². The molecule has 2 aliphatic rings. The zero-order chi connectivity index (χ0) is 18.8. The van der Waals surface area contributed by atoms with Gasteiger partial charge in [-0.2, -0.15) is 5.10 Å². The van der Waals surface area contributed by atoms with E-state index in [-0.39, 0.29) is 12.0 Å². The average Bonchev–Trinajstić information content (AvgIpc) is 3.42. The van der Waals surface area contributed by atoms with E-state index in [2.05, 4.69) is 15.0 Å². The second-order valence-electron chi connectivity index (χ2n) is 7.32. The number of rotatable bonds is 5. The molecular weight excluding hydrogens is 342 g/mol. The minimum Gasteiger partial charge on any atom is -0.485 e. The first-order chi connectivity index (χ1) is 13.2. The molecular formula is C20H27N5O2. The van der Waals surface area contributed by atoms with E-state index < -0.39 is 0 Å². The van der Waals surface area contributed by atoms with Crippen LogP contribution in [0.5, 0.6) is 5.75 Å². The normalized spacial score (nSPS) is 19.7. The molecule has 0 saturated carbocycles. The number of aryl methyl sites for hydroxylation is 2. The third kappa shape index (κ3) is 3.63. The summed E-state index contributed by atoms with van der Waals surface area (Å²) in [5, 5.41) is 4.39. The Labute approximate surface area is 159 Å². The van der Waals surface area contributed by atoms with Gasteiger partial charge in [-0.1, -0.05) is 6.92 Å². The Hall–Kier alpha value is -2.57. The maximum absolute atomic E-state index is 12.9. The van der Waals surface area contributed by atoms with E-state index in [1.54, 1.807) is 4.68 Å². The van der Waals surface area contributed by atoms with Gasteiger partial charge in [0.05, 0.1) is 17.8 Å². The monoisotopic (exact) mass is 369 g/mol. The van der Waals surface area contributed by atoms with Gasteiger partial charge in [-0.3, -0.25) is 9.48 Å². The van der Waals surface area contributed by atoms with E-state index in [0.717, 1.165) is 43.2 Å². The van der Waals surface area contributed by atoms with Crippen molar-refractivity contribution in [1.29, 1.82) is 0 Å². The van der Waals surface area contributed by atoms with Crippen LogP contribution in [-0.4, -0.2) is 57.9 Å². The quantitative estimate of drug-likeness (QED) is 0.809. The van der Waals surface area contributed by atoms with Crippen LogP contribution < -0.4 is 9.64 Å². The number of hydrogen-bond donors (Lipinski definition) is 0. The number of pyridine rings is 1. The third-order valence-corrected chi connectivity index (χ3v) is 5.35. The Morgan fingerprint density at radius 2 is 2.11 bits per heavy atom. The molecule has 4 rings (SSSR count). The van der Waals surface area contributed by atoms with Gasteiger partial charge in [-0.05, 0) is 31.4 Å². The molecule has 2 aromatic heterocycles. The lowest BCUT2D eigenvalue weighted by atomic mass is 10.2. The number of nitrogens with zero attached hydrogens (tertiary/aromatic N) is 5. The summed E-state index contributed by atoms with van der Waals surface area (Å²) >= 11 is 0. The predicted octanol–water partition coefficient (Wildman–Crippen LogP) is 2.27. The summed E-state index contributed by atoms with van der Waals surface area (Å²) in [5.74, 6) is 1.81. The topological polar surface area (TPSA) is 63.5 Å². The van der Waals surface area contributed by atoms with E-state index in [4.69, 9.17) is 4.74 Å². The molecule has 4 heterocycles. The van der Waals surface area contributed by atoms with Gasteiger partial charge < -0.3 is 14.5 Å². The Morgan fingerprint density at radius 1 is 1.30 bits per heavy atom. The molecule has 144 valence electrons. The average molecular weight is 369 g/mol. The van der Waals surface area contributed by atoms with Crippen molar-refractivity contribution in [3.63, 3.8) is 0 Å². The second-order valence-corrected chi connectivity index (χ2v) is 7.32. The Kier molecular flexibility index (Phi) is 5.01. The van der Waals surface area contributed by atoms with Gasteiger partial charge in [-0.15, -0.1) is 0 Å². The lowest BCUT2D eigenvalue weighted by Crippen LogP contribution is -2.31. The lowest BCUT2D eigenvalue weighted by Gasteiger charge is -2.22. The molecule has 0 radical (unpaired) electrons. The number of amides is 1. The van der Waals surface area contributed by atoms with Gasteiger partial charge in [0.1, 0.15) is 6.10 Å². The summed E-state index contributed by atoms with van der Waals surface area (Å²) < 4.78 is 7.99. The molecule has 1 amide bonds. The van der Waals surface area contributed by atoms with Gasteiger partial charge in [-0.25, -0.2) is 4.98 Å². The Bertz CT molecular complexity index is 812. The van der Waals surface area contributed by atoms with Gasteiger partial charge in [0.2, 0.25) is 0 Å². The molecule has 2 saturated heterocycles. The lowest BCUT2D eigenvalue weighted by molar-refractivity contribution is 0.0771. The van der Waals surface area contributed by atoms with Crippen LogP contribution in [0.3, 0.4) is 0 Å². The number of aromatic nitrogens is 3. The summed E-state index contributed by atoms with van der Waals surface area (Å²) in [4.78, 5) is 21.6. The van der Waals surface area contributed by atoms with Gasteiger partial charge in [0.15, 0.2) is 11.6 Å². The van der Waals surface area contributed by atoms with Crippen LogP contribution in [0.15, 0.2) is 24.5 Å². The number of anilines is 1. The first kappa shape index (κ1) is 17.8. The van der Waals surface area contributed by atoms with Crippen LogP contribution in [0, 0.1) is 0 Å². The summed E-state index contributed by atoms with van der Waals surface area (Å²) in [6, 6.07) is 3.90. The zero-order valence-electron chi connectivity index (χ0n) is 16.1. The maximum atomic E-state index is 12.9. The van der Waals surface area contributed by atoms with Crippen molar-refractivity contribution < 1.29 is 9.53 Å². The van der Waals surface area contributed by atoms with E-state index in [0.29, 0.717) is 18.7 Å². The fourth-order valence-electron chi connectivity index (χ4n) is 3.97. The Balaban J connectivity index is 1.44. The molecule has 0 N–H and O–H groups in total. The van der Waals surface area contributed by atoms with Gasteiger partial charge in [0, 0.05) is 45.5 Å². The highest BCUT2D eigenvalue weighted by Crippen LogP contribution is 2.30. The number of hydrogen-bond acceptors (Lipinski definition) is 5. The van der Waals surface area contributed by atoms with Crippen molar-refractivity contribution in [2.45, 2.75) is 38.7 Å². The number of carbonyl (C=O) groups excluding carboxylic acids is 1. The smallest absolute Gasteiger partial charge is 0.257 e. The first-order valence-corrected chi connectivity index (χ1v) is 9.84. The molecule has 0 aliphatic carbocycles. The van der Waals surface area contributed by atoms with Crippen molar-refractivity contribution in [1.82, 2.24) is 19.7 Å². The minimum absolute atomic E-state index is 0.00116. The number of carbonyl (C=O) groups is 1. The molecule has 2 fully saturated rings. The fourth-order valence-corrected chi connectivity index (χ4v) is 3.97. The molecule has 0 unspecified atom stereocenters. The van der Waals surface area contributed by atoms with Gasteiger partial charge >= 0.3 is 0 Å². The van der Waals surface area contributed by atoms with E-state index in [9.17, 15) is 4.79 Å². The third-order valence-electron chi connectivity index (χ3n) is 5.35. The summed E-state index contributed by atoms with van der Waals surface area (Å²) in [6.07, 6.45) is 7.63. The number of ether oxygens (including phenoxy) is 1. The molecule has 0 bridgehead atoms. The SMILES string of the molecule is CCc1nn(C)cc1C(=O)N1CC[C@@H](Oc2cccnc2N2CCCC2)C1. The van der Waals surface area contributed by atoms with Crippen LogP contribution in [0.2, 0.25) is 0 Å². The van der Waals surface area contributed by atoms with Crippen molar-refractivity contribution >= 4 is 11.7 Å². The van der Waals surface area contributed by atoms with Crippen LogP contribution >= 0.6 is 0 Å². The molecule has 0 spiro atoms. The van der Waals surface area contributed by atoms with Gasteiger partial charge in [0.25, 0.3) is 5.91 Å². The van der Waals surface area contributed by atoms with Crippen LogP contribution in [0.1, 0.15) is 42.2 Å². The second kappa shape index (κ2) is 7.58. The van der Waals surface area contributed by atoms with Crippen LogP contribution in [-0.2, 0) is 13.5 Å². The number of likely N-dealkylation sites (tertiary alicyclic amines) is 1. The highest BCUT2D eigenvalue weighted by molar-refractivity contribution is 5.95. The molecule has 1 atom stereocenters. The van der Waals surface area contributed by atoms with Crippen molar-refractivity contribution in [3.05, 3.63) is 35.8 Å². The molecule has 0 aromatic carbocycles. The molecule has 27 heavy (non-hydrogen) atoms. The summed E-state index contributed by atoms with van der Waals surface area (Å²) in [6.45, 7) is 5.40. The van der Waals surface area contributed by atoms with Crippen molar-refractivity contribution in [2.75, 3.05) is 31.1 Å². The first-order valence-electron chi connectivity index (χ1n) is 9.84. The summed E-state index contributed by atoms with van der Waals surface area (Å²) in [5.41, 5.74) is 1.57. The van der Waals surface area contributed by atoms with E-state index in [1.165, 1.54) is 12.8 Å². The molecule has 2 aromatic rings. The highest BCUT2D eigenvalue weighted by atomic mass is 16.5. The molecule has 7 nitrogen and oxygen atoms in total.